The molecule has 2 heterocycles. The van der Waals surface area contributed by atoms with Crippen molar-refractivity contribution in [2.75, 3.05) is 39.4 Å². The van der Waals surface area contributed by atoms with Crippen LogP contribution in [-0.4, -0.2) is 65.2 Å². The molecule has 0 aromatic carbocycles. The van der Waals surface area contributed by atoms with Crippen molar-refractivity contribution in [3.63, 3.8) is 0 Å². The predicted molar refractivity (Wildman–Crippen MR) is 69.8 cm³/mol. The zero-order chi connectivity index (χ0) is 13.7. The normalized spacial score (nSPS) is 18.2. The summed E-state index contributed by atoms with van der Waals surface area (Å²) in [6.07, 6.45) is 1.61. The first-order chi connectivity index (χ1) is 9.15. The van der Waals surface area contributed by atoms with Crippen LogP contribution >= 0.6 is 0 Å². The molecule has 0 aliphatic carbocycles. The first-order valence-electron chi connectivity index (χ1n) is 6.60. The van der Waals surface area contributed by atoms with Gasteiger partial charge in [0.05, 0.1) is 19.4 Å². The maximum absolute atomic E-state index is 11.8. The van der Waals surface area contributed by atoms with Gasteiger partial charge in [-0.3, -0.25) is 14.4 Å². The zero-order valence-corrected chi connectivity index (χ0v) is 11.5. The third kappa shape index (κ3) is 4.29. The van der Waals surface area contributed by atoms with Crippen molar-refractivity contribution in [1.29, 1.82) is 0 Å². The van der Waals surface area contributed by atoms with E-state index in [1.165, 1.54) is 4.68 Å². The number of morpholine rings is 1. The number of rotatable bonds is 5. The molecular weight excluding hydrogens is 246 g/mol. The van der Waals surface area contributed by atoms with Gasteiger partial charge in [0.2, 0.25) is 0 Å². The Morgan fingerprint density at radius 1 is 1.53 bits per heavy atom. The van der Waals surface area contributed by atoms with Crippen LogP contribution in [0.3, 0.4) is 0 Å². The molecule has 1 unspecified atom stereocenters. The third-order valence-corrected chi connectivity index (χ3v) is 3.12. The standard InChI is InChI=1S/C12H21N5O2/c1-10(8-17-3-5-19-6-4-17)7-13-12(18)11-9-16(2)15-14-11/h9-10H,3-8H2,1-2H3,(H,13,18). The summed E-state index contributed by atoms with van der Waals surface area (Å²) < 4.78 is 6.83. The molecule has 0 saturated carbocycles. The SMILES string of the molecule is CC(CNC(=O)c1cn(C)nn1)CN1CCOCC1. The van der Waals surface area contributed by atoms with E-state index in [4.69, 9.17) is 4.74 Å². The molecule has 1 fully saturated rings. The summed E-state index contributed by atoms with van der Waals surface area (Å²) in [6.45, 7) is 7.31. The topological polar surface area (TPSA) is 72.3 Å². The van der Waals surface area contributed by atoms with Gasteiger partial charge in [0.1, 0.15) is 0 Å². The minimum Gasteiger partial charge on any atom is -0.379 e. The van der Waals surface area contributed by atoms with E-state index in [0.29, 0.717) is 18.2 Å². The Morgan fingerprint density at radius 3 is 2.89 bits per heavy atom. The minimum absolute atomic E-state index is 0.165. The Labute approximate surface area is 112 Å². The van der Waals surface area contributed by atoms with Crippen LogP contribution in [0.2, 0.25) is 0 Å². The van der Waals surface area contributed by atoms with Crippen molar-refractivity contribution < 1.29 is 9.53 Å². The smallest absolute Gasteiger partial charge is 0.273 e. The summed E-state index contributed by atoms with van der Waals surface area (Å²) in [5.41, 5.74) is 0.362. The molecule has 7 nitrogen and oxygen atoms in total. The zero-order valence-electron chi connectivity index (χ0n) is 11.5. The molecule has 2 rings (SSSR count). The Kier molecular flexibility index (Phi) is 4.86. The number of hydrogen-bond donors (Lipinski definition) is 1. The van der Waals surface area contributed by atoms with Crippen LogP contribution in [-0.2, 0) is 11.8 Å². The second kappa shape index (κ2) is 6.63. The summed E-state index contributed by atoms with van der Waals surface area (Å²) in [5.74, 6) is 0.237. The summed E-state index contributed by atoms with van der Waals surface area (Å²) in [5, 5.41) is 10.4. The lowest BCUT2D eigenvalue weighted by molar-refractivity contribution is 0.0317. The van der Waals surface area contributed by atoms with Gasteiger partial charge >= 0.3 is 0 Å². The number of ether oxygens (including phenoxy) is 1. The van der Waals surface area contributed by atoms with Crippen molar-refractivity contribution in [2.24, 2.45) is 13.0 Å². The number of aryl methyl sites for hydroxylation is 1. The molecule has 0 bridgehead atoms. The van der Waals surface area contributed by atoms with Crippen molar-refractivity contribution in [3.05, 3.63) is 11.9 Å². The first-order valence-corrected chi connectivity index (χ1v) is 6.60. The molecule has 1 atom stereocenters. The lowest BCUT2D eigenvalue weighted by Crippen LogP contribution is -2.41. The second-order valence-corrected chi connectivity index (χ2v) is 5.01. The van der Waals surface area contributed by atoms with Gasteiger partial charge in [-0.1, -0.05) is 12.1 Å². The molecule has 1 aromatic heterocycles. The second-order valence-electron chi connectivity index (χ2n) is 5.01. The van der Waals surface area contributed by atoms with Crippen LogP contribution in [0, 0.1) is 5.92 Å². The maximum Gasteiger partial charge on any atom is 0.273 e. The lowest BCUT2D eigenvalue weighted by atomic mass is 10.1. The van der Waals surface area contributed by atoms with Crippen LogP contribution in [0.5, 0.6) is 0 Å². The predicted octanol–water partition coefficient (Wildman–Crippen LogP) is -0.487. The highest BCUT2D eigenvalue weighted by Crippen LogP contribution is 2.03. The van der Waals surface area contributed by atoms with Gasteiger partial charge in [-0.05, 0) is 5.92 Å². The molecule has 1 amide bonds. The molecule has 1 aliphatic rings. The van der Waals surface area contributed by atoms with E-state index in [1.807, 2.05) is 0 Å². The number of carbonyl (C=O) groups is 1. The van der Waals surface area contributed by atoms with Gasteiger partial charge in [0, 0.05) is 33.2 Å². The number of aromatic nitrogens is 3. The van der Waals surface area contributed by atoms with Crippen molar-refractivity contribution >= 4 is 5.91 Å². The van der Waals surface area contributed by atoms with E-state index in [0.717, 1.165) is 32.8 Å². The van der Waals surface area contributed by atoms with E-state index >= 15 is 0 Å². The van der Waals surface area contributed by atoms with Crippen LogP contribution in [0.1, 0.15) is 17.4 Å². The highest BCUT2D eigenvalue weighted by atomic mass is 16.5. The van der Waals surface area contributed by atoms with Crippen molar-refractivity contribution in [1.82, 2.24) is 25.2 Å². The van der Waals surface area contributed by atoms with Gasteiger partial charge in [-0.15, -0.1) is 5.10 Å². The van der Waals surface area contributed by atoms with E-state index in [1.54, 1.807) is 13.2 Å². The molecule has 19 heavy (non-hydrogen) atoms. The summed E-state index contributed by atoms with van der Waals surface area (Å²) in [6, 6.07) is 0. The van der Waals surface area contributed by atoms with Crippen molar-refractivity contribution in [2.45, 2.75) is 6.92 Å². The quantitative estimate of drug-likeness (QED) is 0.779. The lowest BCUT2D eigenvalue weighted by Gasteiger charge is -2.29. The number of nitrogens with one attached hydrogen (secondary N) is 1. The summed E-state index contributed by atoms with van der Waals surface area (Å²) >= 11 is 0. The van der Waals surface area contributed by atoms with Crippen LogP contribution < -0.4 is 5.32 Å². The van der Waals surface area contributed by atoms with Crippen molar-refractivity contribution in [3.8, 4) is 0 Å². The minimum atomic E-state index is -0.165. The molecule has 7 heteroatoms. The fourth-order valence-electron chi connectivity index (χ4n) is 2.10. The number of nitrogens with zero attached hydrogens (tertiary/aromatic N) is 4. The first kappa shape index (κ1) is 14.0. The molecule has 1 N–H and O–H groups in total. The molecule has 0 radical (unpaired) electrons. The molecular formula is C12H21N5O2. The van der Waals surface area contributed by atoms with Gasteiger partial charge < -0.3 is 10.1 Å². The monoisotopic (exact) mass is 267 g/mol. The molecule has 1 aromatic rings. The molecule has 1 saturated heterocycles. The molecule has 1 aliphatic heterocycles. The Hall–Kier alpha value is -1.47. The van der Waals surface area contributed by atoms with Crippen LogP contribution in [0.25, 0.3) is 0 Å². The number of carbonyl (C=O) groups excluding carboxylic acids is 1. The van der Waals surface area contributed by atoms with Gasteiger partial charge in [-0.2, -0.15) is 0 Å². The van der Waals surface area contributed by atoms with Crippen LogP contribution in [0.15, 0.2) is 6.20 Å². The Bertz CT molecular complexity index is 414. The van der Waals surface area contributed by atoms with E-state index < -0.39 is 0 Å². The average Bonchev–Trinajstić information content (AvgIpc) is 2.84. The van der Waals surface area contributed by atoms with Gasteiger partial charge in [0.15, 0.2) is 5.69 Å². The highest BCUT2D eigenvalue weighted by molar-refractivity contribution is 5.91. The largest absolute Gasteiger partial charge is 0.379 e. The third-order valence-electron chi connectivity index (χ3n) is 3.12. The summed E-state index contributed by atoms with van der Waals surface area (Å²) in [7, 11) is 1.74. The van der Waals surface area contributed by atoms with E-state index in [9.17, 15) is 4.79 Å². The van der Waals surface area contributed by atoms with Crippen LogP contribution in [0.4, 0.5) is 0 Å². The van der Waals surface area contributed by atoms with E-state index in [-0.39, 0.29) is 5.91 Å². The molecule has 0 spiro atoms. The number of hydrogen-bond acceptors (Lipinski definition) is 5. The number of amides is 1. The molecule has 106 valence electrons. The Morgan fingerprint density at radius 2 is 2.26 bits per heavy atom. The fourth-order valence-corrected chi connectivity index (χ4v) is 2.10. The average molecular weight is 267 g/mol. The van der Waals surface area contributed by atoms with E-state index in [2.05, 4.69) is 27.5 Å². The van der Waals surface area contributed by atoms with Gasteiger partial charge in [-0.25, -0.2) is 0 Å². The fraction of sp³-hybridized carbons (Fsp3) is 0.750. The Balaban J connectivity index is 1.70. The highest BCUT2D eigenvalue weighted by Gasteiger charge is 2.15. The summed E-state index contributed by atoms with van der Waals surface area (Å²) in [4.78, 5) is 14.2. The maximum atomic E-state index is 11.8. The van der Waals surface area contributed by atoms with Gasteiger partial charge in [0.25, 0.3) is 5.91 Å².